The lowest BCUT2D eigenvalue weighted by Crippen LogP contribution is -2.30. The Balaban J connectivity index is 2.25. The maximum Gasteiger partial charge on any atom is 0.295 e. The van der Waals surface area contributed by atoms with Gasteiger partial charge in [0.2, 0.25) is 0 Å². The number of amides is 1. The van der Waals surface area contributed by atoms with E-state index in [2.05, 4.69) is 0 Å². The second kappa shape index (κ2) is 7.08. The van der Waals surface area contributed by atoms with Crippen molar-refractivity contribution >= 4 is 28.8 Å². The SMILES string of the molecule is CCCN1C(=O)C(=O)/C(=C(/O)c2cc(C)ccc2C)C1c1sccc1C. The van der Waals surface area contributed by atoms with Gasteiger partial charge < -0.3 is 10.0 Å². The number of aliphatic hydroxyl groups excluding tert-OH is 1. The second-order valence-electron chi connectivity index (χ2n) is 6.78. The molecule has 136 valence electrons. The monoisotopic (exact) mass is 369 g/mol. The molecule has 0 aliphatic carbocycles. The van der Waals surface area contributed by atoms with Crippen LogP contribution in [0.2, 0.25) is 0 Å². The fourth-order valence-corrected chi connectivity index (χ4v) is 4.47. The molecule has 1 aliphatic heterocycles. The fraction of sp³-hybridized carbons (Fsp3) is 0.333. The molecule has 1 aromatic carbocycles. The van der Waals surface area contributed by atoms with E-state index < -0.39 is 17.7 Å². The van der Waals surface area contributed by atoms with Gasteiger partial charge in [-0.1, -0.05) is 24.6 Å². The third kappa shape index (κ3) is 2.97. The van der Waals surface area contributed by atoms with Gasteiger partial charge in [0.25, 0.3) is 11.7 Å². The van der Waals surface area contributed by atoms with Crippen LogP contribution in [0.4, 0.5) is 0 Å². The highest BCUT2D eigenvalue weighted by Crippen LogP contribution is 2.42. The van der Waals surface area contributed by atoms with E-state index >= 15 is 0 Å². The lowest BCUT2D eigenvalue weighted by Gasteiger charge is -2.24. The number of nitrogens with zero attached hydrogens (tertiary/aromatic N) is 1. The van der Waals surface area contributed by atoms with Crippen molar-refractivity contribution in [2.45, 2.75) is 40.2 Å². The molecule has 1 amide bonds. The zero-order chi connectivity index (χ0) is 19.0. The molecule has 2 heterocycles. The van der Waals surface area contributed by atoms with E-state index in [4.69, 9.17) is 0 Å². The molecule has 1 unspecified atom stereocenters. The van der Waals surface area contributed by atoms with E-state index in [1.54, 1.807) is 4.90 Å². The van der Waals surface area contributed by atoms with Crippen LogP contribution in [0.3, 0.4) is 0 Å². The summed E-state index contributed by atoms with van der Waals surface area (Å²) < 4.78 is 0. The maximum absolute atomic E-state index is 12.8. The quantitative estimate of drug-likeness (QED) is 0.490. The molecule has 1 aliphatic rings. The number of hydrogen-bond donors (Lipinski definition) is 1. The highest BCUT2D eigenvalue weighted by Gasteiger charge is 2.46. The number of likely N-dealkylation sites (tertiary alicyclic amines) is 1. The molecular formula is C21H23NO3S. The van der Waals surface area contributed by atoms with Gasteiger partial charge in [-0.3, -0.25) is 9.59 Å². The summed E-state index contributed by atoms with van der Waals surface area (Å²) in [6.07, 6.45) is 0.747. The van der Waals surface area contributed by atoms with E-state index in [1.165, 1.54) is 11.3 Å². The van der Waals surface area contributed by atoms with Gasteiger partial charge in [-0.15, -0.1) is 11.3 Å². The Morgan fingerprint density at radius 3 is 2.50 bits per heavy atom. The number of ketones is 1. The van der Waals surface area contributed by atoms with Crippen molar-refractivity contribution < 1.29 is 14.7 Å². The number of benzene rings is 1. The summed E-state index contributed by atoms with van der Waals surface area (Å²) in [5.74, 6) is -1.22. The smallest absolute Gasteiger partial charge is 0.295 e. The summed E-state index contributed by atoms with van der Waals surface area (Å²) in [5, 5.41) is 13.0. The van der Waals surface area contributed by atoms with Crippen LogP contribution in [-0.2, 0) is 9.59 Å². The Morgan fingerprint density at radius 1 is 1.15 bits per heavy atom. The van der Waals surface area contributed by atoms with E-state index in [0.29, 0.717) is 12.1 Å². The number of Topliss-reactive ketones (excluding diaryl/α,β-unsaturated/α-hetero) is 1. The van der Waals surface area contributed by atoms with Crippen molar-refractivity contribution in [3.8, 4) is 0 Å². The first-order valence-electron chi connectivity index (χ1n) is 8.76. The van der Waals surface area contributed by atoms with Gasteiger partial charge in [-0.2, -0.15) is 0 Å². The van der Waals surface area contributed by atoms with Crippen LogP contribution < -0.4 is 0 Å². The van der Waals surface area contributed by atoms with Gasteiger partial charge in [0.15, 0.2) is 0 Å². The molecular weight excluding hydrogens is 346 g/mol. The minimum Gasteiger partial charge on any atom is -0.507 e. The first kappa shape index (κ1) is 18.4. The molecule has 4 nitrogen and oxygen atoms in total. The Morgan fingerprint density at radius 2 is 1.88 bits per heavy atom. The molecule has 1 atom stereocenters. The molecule has 2 aromatic rings. The molecule has 26 heavy (non-hydrogen) atoms. The van der Waals surface area contributed by atoms with Crippen molar-refractivity contribution in [2.75, 3.05) is 6.54 Å². The van der Waals surface area contributed by atoms with Crippen molar-refractivity contribution in [2.24, 2.45) is 0 Å². The van der Waals surface area contributed by atoms with Crippen molar-refractivity contribution in [1.29, 1.82) is 0 Å². The van der Waals surface area contributed by atoms with Gasteiger partial charge in [0.05, 0.1) is 11.6 Å². The average Bonchev–Trinajstić information content (AvgIpc) is 3.13. The lowest BCUT2D eigenvalue weighted by molar-refractivity contribution is -0.139. The molecule has 3 rings (SSSR count). The molecule has 5 heteroatoms. The number of hydrogen-bond acceptors (Lipinski definition) is 4. The van der Waals surface area contributed by atoms with Crippen molar-refractivity contribution in [3.05, 3.63) is 62.3 Å². The number of aliphatic hydroxyl groups is 1. The topological polar surface area (TPSA) is 57.6 Å². The Hall–Kier alpha value is -2.40. The summed E-state index contributed by atoms with van der Waals surface area (Å²) >= 11 is 1.51. The van der Waals surface area contributed by atoms with Crippen LogP contribution in [0.5, 0.6) is 0 Å². The number of carbonyl (C=O) groups is 2. The number of rotatable bonds is 4. The molecule has 1 aromatic heterocycles. The van der Waals surface area contributed by atoms with E-state index in [-0.39, 0.29) is 11.3 Å². The highest BCUT2D eigenvalue weighted by molar-refractivity contribution is 7.10. The number of carbonyl (C=O) groups excluding carboxylic acids is 2. The number of thiophene rings is 1. The van der Waals surface area contributed by atoms with Crippen molar-refractivity contribution in [3.63, 3.8) is 0 Å². The zero-order valence-corrected chi connectivity index (χ0v) is 16.3. The maximum atomic E-state index is 12.8. The van der Waals surface area contributed by atoms with Crippen molar-refractivity contribution in [1.82, 2.24) is 4.90 Å². The van der Waals surface area contributed by atoms with Crippen LogP contribution in [0, 0.1) is 20.8 Å². The largest absolute Gasteiger partial charge is 0.507 e. The summed E-state index contributed by atoms with van der Waals surface area (Å²) in [4.78, 5) is 28.0. The van der Waals surface area contributed by atoms with Crippen LogP contribution >= 0.6 is 11.3 Å². The van der Waals surface area contributed by atoms with Gasteiger partial charge in [0.1, 0.15) is 5.76 Å². The number of aryl methyl sites for hydroxylation is 3. The molecule has 1 fully saturated rings. The van der Waals surface area contributed by atoms with E-state index in [9.17, 15) is 14.7 Å². The Kier molecular flexibility index (Phi) is 5.01. The highest BCUT2D eigenvalue weighted by atomic mass is 32.1. The average molecular weight is 369 g/mol. The fourth-order valence-electron chi connectivity index (χ4n) is 3.42. The van der Waals surface area contributed by atoms with Gasteiger partial charge in [-0.05, 0) is 55.8 Å². The van der Waals surface area contributed by atoms with Crippen LogP contribution in [0.15, 0.2) is 35.2 Å². The molecule has 0 radical (unpaired) electrons. The molecule has 0 spiro atoms. The summed E-state index contributed by atoms with van der Waals surface area (Å²) in [5.41, 5.74) is 3.69. The normalized spacial score (nSPS) is 19.4. The van der Waals surface area contributed by atoms with Crippen LogP contribution in [-0.4, -0.2) is 28.2 Å². The summed E-state index contributed by atoms with van der Waals surface area (Å²) in [6.45, 7) is 8.25. The predicted octanol–water partition coefficient (Wildman–Crippen LogP) is 4.51. The molecule has 1 N–H and O–H groups in total. The molecule has 0 bridgehead atoms. The first-order valence-corrected chi connectivity index (χ1v) is 9.64. The minimum absolute atomic E-state index is 0.0825. The third-order valence-corrected chi connectivity index (χ3v) is 5.87. The molecule has 0 saturated carbocycles. The Bertz CT molecular complexity index is 910. The van der Waals surface area contributed by atoms with E-state index in [1.807, 2.05) is 57.3 Å². The lowest BCUT2D eigenvalue weighted by atomic mass is 9.95. The summed E-state index contributed by atoms with van der Waals surface area (Å²) in [7, 11) is 0. The third-order valence-electron chi connectivity index (χ3n) is 4.80. The van der Waals surface area contributed by atoms with Gasteiger partial charge in [0, 0.05) is 17.0 Å². The predicted molar refractivity (Wildman–Crippen MR) is 104 cm³/mol. The van der Waals surface area contributed by atoms with E-state index in [0.717, 1.165) is 28.0 Å². The second-order valence-corrected chi connectivity index (χ2v) is 7.73. The summed E-state index contributed by atoms with van der Waals surface area (Å²) in [6, 6.07) is 7.19. The van der Waals surface area contributed by atoms with Gasteiger partial charge >= 0.3 is 0 Å². The minimum atomic E-state index is -0.602. The standard InChI is InChI=1S/C21H23NO3S/c1-5-9-22-17(20-14(4)8-10-26-20)16(19(24)21(22)25)18(23)15-11-12(2)6-7-13(15)3/h6-8,10-11,17,23H,5,9H2,1-4H3/b18-16+. The van der Waals surface area contributed by atoms with Crippen LogP contribution in [0.25, 0.3) is 5.76 Å². The Labute approximate surface area is 157 Å². The van der Waals surface area contributed by atoms with Gasteiger partial charge in [-0.25, -0.2) is 0 Å². The molecule has 1 saturated heterocycles. The van der Waals surface area contributed by atoms with Crippen LogP contribution in [0.1, 0.15) is 46.5 Å². The first-order chi connectivity index (χ1) is 12.4. The zero-order valence-electron chi connectivity index (χ0n) is 15.5.